The summed E-state index contributed by atoms with van der Waals surface area (Å²) in [6, 6.07) is 9.98. The van der Waals surface area contributed by atoms with Crippen LogP contribution in [0.5, 0.6) is 0 Å². The quantitative estimate of drug-likeness (QED) is 0.929. The van der Waals surface area contributed by atoms with Gasteiger partial charge >= 0.3 is 6.03 Å². The predicted molar refractivity (Wildman–Crippen MR) is 91.3 cm³/mol. The average Bonchev–Trinajstić information content (AvgIpc) is 3.01. The van der Waals surface area contributed by atoms with Gasteiger partial charge in [0, 0.05) is 26.7 Å². The molecule has 0 spiro atoms. The van der Waals surface area contributed by atoms with E-state index >= 15 is 0 Å². The van der Waals surface area contributed by atoms with E-state index in [0.29, 0.717) is 6.54 Å². The van der Waals surface area contributed by atoms with E-state index < -0.39 is 0 Å². The first kappa shape index (κ1) is 16.4. The van der Waals surface area contributed by atoms with Crippen LogP contribution in [0, 0.1) is 0 Å². The highest BCUT2D eigenvalue weighted by Crippen LogP contribution is 2.25. The van der Waals surface area contributed by atoms with Crippen LogP contribution in [-0.4, -0.2) is 57.3 Å². The molecule has 0 bridgehead atoms. The van der Waals surface area contributed by atoms with E-state index in [0.717, 1.165) is 24.5 Å². The van der Waals surface area contributed by atoms with Gasteiger partial charge in [0.25, 0.3) is 0 Å². The molecule has 1 aliphatic heterocycles. The Morgan fingerprint density at radius 3 is 2.67 bits per heavy atom. The number of piperazine rings is 1. The van der Waals surface area contributed by atoms with E-state index in [4.69, 9.17) is 0 Å². The van der Waals surface area contributed by atoms with Crippen molar-refractivity contribution in [2.24, 2.45) is 7.05 Å². The molecule has 1 aromatic carbocycles. The number of aryl methyl sites for hydroxylation is 1. The van der Waals surface area contributed by atoms with Crippen molar-refractivity contribution in [3.05, 3.63) is 48.0 Å². The topological polar surface area (TPSA) is 66.3 Å². The van der Waals surface area contributed by atoms with Crippen molar-refractivity contribution in [3.63, 3.8) is 0 Å². The van der Waals surface area contributed by atoms with E-state index in [1.165, 1.54) is 0 Å². The van der Waals surface area contributed by atoms with E-state index in [1.807, 2.05) is 41.6 Å². The molecule has 0 radical (unpaired) electrons. The first-order chi connectivity index (χ1) is 11.6. The van der Waals surface area contributed by atoms with Crippen LogP contribution < -0.4 is 5.32 Å². The van der Waals surface area contributed by atoms with Gasteiger partial charge in [-0.05, 0) is 19.5 Å². The first-order valence-electron chi connectivity index (χ1n) is 8.20. The van der Waals surface area contributed by atoms with Gasteiger partial charge in [-0.1, -0.05) is 30.3 Å². The smallest absolute Gasteiger partial charge is 0.318 e. The fraction of sp³-hybridized carbons (Fsp3) is 0.471. The minimum Gasteiger partial charge on any atom is -0.328 e. The molecule has 1 aromatic heterocycles. The molecule has 7 nitrogen and oxygen atoms in total. The number of hydrogen-bond acceptors (Lipinski definition) is 4. The van der Waals surface area contributed by atoms with Crippen LogP contribution in [0.25, 0.3) is 0 Å². The molecule has 0 unspecified atom stereocenters. The summed E-state index contributed by atoms with van der Waals surface area (Å²) in [6.07, 6.45) is 1.64. The SMILES string of the molecule is C[C@H](NC(=O)N1CCN(C)C[C@H]1c1ccccc1)c1nncn1C. The molecule has 2 atom stereocenters. The largest absolute Gasteiger partial charge is 0.328 e. The lowest BCUT2D eigenvalue weighted by molar-refractivity contribution is 0.107. The summed E-state index contributed by atoms with van der Waals surface area (Å²) in [7, 11) is 3.97. The first-order valence-corrected chi connectivity index (χ1v) is 8.20. The molecule has 2 heterocycles. The molecule has 1 fully saturated rings. The molecular weight excluding hydrogens is 304 g/mol. The Labute approximate surface area is 142 Å². The Kier molecular flexibility index (Phi) is 4.80. The number of aromatic nitrogens is 3. The lowest BCUT2D eigenvalue weighted by atomic mass is 10.0. The van der Waals surface area contributed by atoms with Crippen LogP contribution in [0.4, 0.5) is 4.79 Å². The predicted octanol–water partition coefficient (Wildman–Crippen LogP) is 1.57. The molecule has 2 amide bonds. The second kappa shape index (κ2) is 7.00. The van der Waals surface area contributed by atoms with E-state index in [-0.39, 0.29) is 18.1 Å². The molecule has 7 heteroatoms. The van der Waals surface area contributed by atoms with Crippen molar-refractivity contribution in [3.8, 4) is 0 Å². The number of carbonyl (C=O) groups is 1. The highest BCUT2D eigenvalue weighted by molar-refractivity contribution is 5.75. The van der Waals surface area contributed by atoms with Gasteiger partial charge < -0.3 is 19.7 Å². The number of urea groups is 1. The van der Waals surface area contributed by atoms with Gasteiger partial charge in [0.2, 0.25) is 0 Å². The summed E-state index contributed by atoms with van der Waals surface area (Å²) in [5.41, 5.74) is 1.16. The van der Waals surface area contributed by atoms with Crippen LogP contribution in [0.2, 0.25) is 0 Å². The Morgan fingerprint density at radius 1 is 1.25 bits per heavy atom. The fourth-order valence-electron chi connectivity index (χ4n) is 3.14. The Hall–Kier alpha value is -2.41. The zero-order valence-electron chi connectivity index (χ0n) is 14.4. The number of benzene rings is 1. The van der Waals surface area contributed by atoms with Crippen molar-refractivity contribution in [1.82, 2.24) is 29.9 Å². The maximum atomic E-state index is 12.8. The molecule has 2 aromatic rings. The summed E-state index contributed by atoms with van der Waals surface area (Å²) >= 11 is 0. The molecule has 1 saturated heterocycles. The summed E-state index contributed by atoms with van der Waals surface area (Å²) in [6.45, 7) is 4.33. The van der Waals surface area contributed by atoms with Crippen molar-refractivity contribution in [1.29, 1.82) is 0 Å². The lowest BCUT2D eigenvalue weighted by Gasteiger charge is -2.40. The highest BCUT2D eigenvalue weighted by atomic mass is 16.2. The van der Waals surface area contributed by atoms with E-state index in [9.17, 15) is 4.79 Å². The van der Waals surface area contributed by atoms with E-state index in [1.54, 1.807) is 6.33 Å². The van der Waals surface area contributed by atoms with Crippen LogP contribution in [0.1, 0.15) is 30.4 Å². The average molecular weight is 328 g/mol. The number of carbonyl (C=O) groups excluding carboxylic acids is 1. The van der Waals surface area contributed by atoms with Gasteiger partial charge in [-0.25, -0.2) is 4.79 Å². The van der Waals surface area contributed by atoms with Crippen molar-refractivity contribution in [2.75, 3.05) is 26.7 Å². The molecule has 24 heavy (non-hydrogen) atoms. The minimum absolute atomic E-state index is 0.0525. The number of likely N-dealkylation sites (N-methyl/N-ethyl adjacent to an activating group) is 1. The van der Waals surface area contributed by atoms with Gasteiger partial charge in [-0.2, -0.15) is 0 Å². The molecule has 0 saturated carbocycles. The maximum absolute atomic E-state index is 12.8. The molecule has 128 valence electrons. The van der Waals surface area contributed by atoms with Gasteiger partial charge in [0.1, 0.15) is 6.33 Å². The number of amides is 2. The standard InChI is InChI=1S/C17H24N6O/c1-13(16-20-18-12-22(16)3)19-17(24)23-10-9-21(2)11-15(23)14-7-5-4-6-8-14/h4-8,12-13,15H,9-11H2,1-3H3,(H,19,24)/t13-,15-/m0/s1. The lowest BCUT2D eigenvalue weighted by Crippen LogP contribution is -2.52. The van der Waals surface area contributed by atoms with Gasteiger partial charge in [0.15, 0.2) is 5.82 Å². The summed E-state index contributed by atoms with van der Waals surface area (Å²) in [5, 5.41) is 11.0. The zero-order valence-corrected chi connectivity index (χ0v) is 14.4. The van der Waals surface area contributed by atoms with Crippen molar-refractivity contribution < 1.29 is 4.79 Å². The van der Waals surface area contributed by atoms with Crippen LogP contribution in [0.15, 0.2) is 36.7 Å². The van der Waals surface area contributed by atoms with Gasteiger partial charge in [-0.15, -0.1) is 10.2 Å². The number of rotatable bonds is 3. The zero-order chi connectivity index (χ0) is 17.1. The van der Waals surface area contributed by atoms with Crippen molar-refractivity contribution >= 4 is 6.03 Å². The molecule has 1 N–H and O–H groups in total. The third kappa shape index (κ3) is 3.41. The van der Waals surface area contributed by atoms with Gasteiger partial charge in [0.05, 0.1) is 12.1 Å². The third-order valence-corrected chi connectivity index (χ3v) is 4.50. The highest BCUT2D eigenvalue weighted by Gasteiger charge is 2.31. The van der Waals surface area contributed by atoms with Crippen LogP contribution >= 0.6 is 0 Å². The number of hydrogen-bond donors (Lipinski definition) is 1. The van der Waals surface area contributed by atoms with Gasteiger partial charge in [-0.3, -0.25) is 0 Å². The normalized spacial score (nSPS) is 20.0. The minimum atomic E-state index is -0.193. The Bertz CT molecular complexity index is 685. The molecule has 3 rings (SSSR count). The molecule has 1 aliphatic rings. The van der Waals surface area contributed by atoms with Crippen molar-refractivity contribution in [2.45, 2.75) is 19.0 Å². The summed E-state index contributed by atoms with van der Waals surface area (Å²) in [5.74, 6) is 0.744. The molecular formula is C17H24N6O. The number of nitrogens with zero attached hydrogens (tertiary/aromatic N) is 5. The Balaban J connectivity index is 1.75. The fourth-order valence-corrected chi connectivity index (χ4v) is 3.14. The summed E-state index contributed by atoms with van der Waals surface area (Å²) < 4.78 is 1.82. The van der Waals surface area contributed by atoms with Crippen LogP contribution in [0.3, 0.4) is 0 Å². The second-order valence-electron chi connectivity index (χ2n) is 6.35. The maximum Gasteiger partial charge on any atom is 0.318 e. The Morgan fingerprint density at radius 2 is 2.00 bits per heavy atom. The number of nitrogens with one attached hydrogen (secondary N) is 1. The second-order valence-corrected chi connectivity index (χ2v) is 6.35. The summed E-state index contributed by atoms with van der Waals surface area (Å²) in [4.78, 5) is 17.0. The monoisotopic (exact) mass is 328 g/mol. The van der Waals surface area contributed by atoms with E-state index in [2.05, 4.69) is 39.6 Å². The van der Waals surface area contributed by atoms with Crippen LogP contribution in [-0.2, 0) is 7.05 Å². The third-order valence-electron chi connectivity index (χ3n) is 4.50. The molecule has 0 aliphatic carbocycles.